The molecule has 2 heterocycles. The lowest BCUT2D eigenvalue weighted by Gasteiger charge is -1.88. The number of nitrogens with zero attached hydrogens (tertiary/aromatic N) is 3. The molecule has 0 fully saturated rings. The van der Waals surface area contributed by atoms with Crippen molar-refractivity contribution in [1.29, 1.82) is 0 Å². The third kappa shape index (κ3) is 0.943. The molecule has 0 saturated carbocycles. The van der Waals surface area contributed by atoms with Gasteiger partial charge in [0.05, 0.1) is 16.9 Å². The zero-order valence-electron chi connectivity index (χ0n) is 7.24. The second-order valence-corrected chi connectivity index (χ2v) is 3.31. The van der Waals surface area contributed by atoms with Crippen LogP contribution in [0.2, 0.25) is 0 Å². The molecular formula is C9H7ClN4. The van der Waals surface area contributed by atoms with Gasteiger partial charge in [-0.1, -0.05) is 12.1 Å². The average molecular weight is 207 g/mol. The van der Waals surface area contributed by atoms with E-state index in [1.807, 2.05) is 28.8 Å². The maximum atomic E-state index is 5.67. The van der Waals surface area contributed by atoms with Gasteiger partial charge in [0.1, 0.15) is 5.82 Å². The maximum Gasteiger partial charge on any atom is 0.251 e. The van der Waals surface area contributed by atoms with Gasteiger partial charge >= 0.3 is 0 Å². The second kappa shape index (κ2) is 2.72. The van der Waals surface area contributed by atoms with Crippen molar-refractivity contribution in [2.45, 2.75) is 5.88 Å². The first-order valence-electron chi connectivity index (χ1n) is 4.26. The number of rotatable bonds is 1. The molecule has 4 nitrogen and oxygen atoms in total. The summed E-state index contributed by atoms with van der Waals surface area (Å²) in [6, 6.07) is 7.87. The van der Waals surface area contributed by atoms with Gasteiger partial charge in [0, 0.05) is 0 Å². The maximum absolute atomic E-state index is 5.67. The van der Waals surface area contributed by atoms with Crippen LogP contribution in [0.25, 0.3) is 16.8 Å². The van der Waals surface area contributed by atoms with Crippen molar-refractivity contribution in [2.75, 3.05) is 0 Å². The molecule has 14 heavy (non-hydrogen) atoms. The van der Waals surface area contributed by atoms with Gasteiger partial charge in [-0.15, -0.1) is 11.6 Å². The van der Waals surface area contributed by atoms with Gasteiger partial charge in [0.25, 0.3) is 5.78 Å². The van der Waals surface area contributed by atoms with Crippen molar-refractivity contribution in [1.82, 2.24) is 19.6 Å². The summed E-state index contributed by atoms with van der Waals surface area (Å²) in [5.41, 5.74) is 1.96. The Balaban J connectivity index is 2.45. The van der Waals surface area contributed by atoms with E-state index in [0.717, 1.165) is 16.9 Å². The fourth-order valence-electron chi connectivity index (χ4n) is 1.53. The molecule has 0 aliphatic heterocycles. The minimum atomic E-state index is 0.373. The van der Waals surface area contributed by atoms with Crippen LogP contribution in [-0.2, 0) is 5.88 Å². The van der Waals surface area contributed by atoms with E-state index >= 15 is 0 Å². The molecule has 0 radical (unpaired) electrons. The normalized spacial score (nSPS) is 11.5. The Morgan fingerprint density at radius 1 is 1.29 bits per heavy atom. The largest absolute Gasteiger partial charge is 0.277 e. The van der Waals surface area contributed by atoms with Crippen molar-refractivity contribution in [3.8, 4) is 0 Å². The topological polar surface area (TPSA) is 46.0 Å². The second-order valence-electron chi connectivity index (χ2n) is 3.04. The predicted molar refractivity (Wildman–Crippen MR) is 54.4 cm³/mol. The molecule has 0 atom stereocenters. The molecule has 0 amide bonds. The number of fused-ring (bicyclic) bond motifs is 3. The Labute approximate surface area is 84.5 Å². The highest BCUT2D eigenvalue weighted by Crippen LogP contribution is 2.14. The number of hydrogen-bond acceptors (Lipinski definition) is 2. The van der Waals surface area contributed by atoms with Gasteiger partial charge in [-0.3, -0.25) is 5.10 Å². The standard InChI is InChI=1S/C9H7ClN4/c10-5-8-12-9-11-6-3-1-2-4-7(6)14(9)13-8/h1-4H,5H2,(H,11,12,13). The summed E-state index contributed by atoms with van der Waals surface area (Å²) in [4.78, 5) is 8.58. The van der Waals surface area contributed by atoms with Crippen molar-refractivity contribution in [2.24, 2.45) is 0 Å². The number of imidazole rings is 1. The van der Waals surface area contributed by atoms with Crippen molar-refractivity contribution < 1.29 is 0 Å². The average Bonchev–Trinajstić information content (AvgIpc) is 2.73. The van der Waals surface area contributed by atoms with E-state index in [1.54, 1.807) is 0 Å². The van der Waals surface area contributed by atoms with Gasteiger partial charge in [0.15, 0.2) is 0 Å². The van der Waals surface area contributed by atoms with E-state index in [-0.39, 0.29) is 0 Å². The first kappa shape index (κ1) is 7.82. The molecule has 0 saturated heterocycles. The van der Waals surface area contributed by atoms with E-state index in [0.29, 0.717) is 11.7 Å². The number of halogens is 1. The van der Waals surface area contributed by atoms with Crippen molar-refractivity contribution >= 4 is 28.4 Å². The fourth-order valence-corrected chi connectivity index (χ4v) is 1.65. The Morgan fingerprint density at radius 3 is 3.00 bits per heavy atom. The van der Waals surface area contributed by atoms with Crippen LogP contribution >= 0.6 is 11.6 Å². The lowest BCUT2D eigenvalue weighted by atomic mass is 10.3. The molecule has 3 aromatic rings. The van der Waals surface area contributed by atoms with Crippen LogP contribution in [0.3, 0.4) is 0 Å². The van der Waals surface area contributed by atoms with Crippen molar-refractivity contribution in [3.05, 3.63) is 30.1 Å². The van der Waals surface area contributed by atoms with E-state index < -0.39 is 0 Å². The zero-order chi connectivity index (χ0) is 9.54. The molecule has 1 aromatic carbocycles. The van der Waals surface area contributed by atoms with Gasteiger partial charge < -0.3 is 0 Å². The molecule has 0 aliphatic carbocycles. The zero-order valence-corrected chi connectivity index (χ0v) is 7.99. The number of aromatic nitrogens is 4. The molecule has 5 heteroatoms. The fraction of sp³-hybridized carbons (Fsp3) is 0.111. The Morgan fingerprint density at radius 2 is 2.14 bits per heavy atom. The lowest BCUT2D eigenvalue weighted by Crippen LogP contribution is -1.85. The first-order valence-corrected chi connectivity index (χ1v) is 4.80. The molecule has 0 unspecified atom stereocenters. The highest BCUT2D eigenvalue weighted by molar-refractivity contribution is 6.16. The van der Waals surface area contributed by atoms with E-state index in [4.69, 9.17) is 11.6 Å². The number of nitrogens with one attached hydrogen (secondary N) is 1. The molecule has 3 rings (SSSR count). The van der Waals surface area contributed by atoms with Crippen LogP contribution in [0, 0.1) is 0 Å². The summed E-state index contributed by atoms with van der Waals surface area (Å²) in [5, 5.41) is 3.08. The molecular weight excluding hydrogens is 200 g/mol. The summed E-state index contributed by atoms with van der Waals surface area (Å²) < 4.78 is 1.84. The van der Waals surface area contributed by atoms with Crippen LogP contribution in [0.15, 0.2) is 24.3 Å². The van der Waals surface area contributed by atoms with Crippen LogP contribution in [0.5, 0.6) is 0 Å². The van der Waals surface area contributed by atoms with Gasteiger partial charge in [-0.2, -0.15) is 4.98 Å². The van der Waals surface area contributed by atoms with E-state index in [2.05, 4.69) is 15.1 Å². The highest BCUT2D eigenvalue weighted by atomic mass is 35.5. The number of H-pyrrole nitrogens is 1. The molecule has 0 bridgehead atoms. The monoisotopic (exact) mass is 206 g/mol. The van der Waals surface area contributed by atoms with Crippen LogP contribution in [0.1, 0.15) is 5.82 Å². The van der Waals surface area contributed by atoms with Gasteiger partial charge in [-0.25, -0.2) is 9.50 Å². The first-order chi connectivity index (χ1) is 6.88. The number of benzene rings is 1. The highest BCUT2D eigenvalue weighted by Gasteiger charge is 2.07. The quantitative estimate of drug-likeness (QED) is 0.619. The minimum absolute atomic E-state index is 0.373. The summed E-state index contributed by atoms with van der Waals surface area (Å²) >= 11 is 5.67. The summed E-state index contributed by atoms with van der Waals surface area (Å²) in [7, 11) is 0. The van der Waals surface area contributed by atoms with Crippen molar-refractivity contribution in [3.63, 3.8) is 0 Å². The smallest absolute Gasteiger partial charge is 0.251 e. The molecule has 2 aromatic heterocycles. The van der Waals surface area contributed by atoms with Crippen LogP contribution in [0.4, 0.5) is 0 Å². The Kier molecular flexibility index (Phi) is 1.52. The molecule has 0 spiro atoms. The van der Waals surface area contributed by atoms with Crippen LogP contribution in [-0.4, -0.2) is 19.6 Å². The lowest BCUT2D eigenvalue weighted by molar-refractivity contribution is 0.958. The predicted octanol–water partition coefficient (Wildman–Crippen LogP) is 1.95. The van der Waals surface area contributed by atoms with E-state index in [9.17, 15) is 0 Å². The number of para-hydroxylation sites is 2. The molecule has 70 valence electrons. The SMILES string of the molecule is ClCc1nc2nc3ccccc3n2[nH]1. The number of aromatic amines is 1. The third-order valence-electron chi connectivity index (χ3n) is 2.15. The van der Waals surface area contributed by atoms with E-state index in [1.165, 1.54) is 0 Å². The summed E-state index contributed by atoms with van der Waals surface area (Å²) in [5.74, 6) is 1.78. The van der Waals surface area contributed by atoms with Gasteiger partial charge in [0.2, 0.25) is 0 Å². The molecule has 1 N–H and O–H groups in total. The van der Waals surface area contributed by atoms with Gasteiger partial charge in [-0.05, 0) is 12.1 Å². The molecule has 0 aliphatic rings. The number of alkyl halides is 1. The number of hydrogen-bond donors (Lipinski definition) is 1. The Bertz CT molecular complexity index is 595. The minimum Gasteiger partial charge on any atom is -0.277 e. The Hall–Kier alpha value is -1.55. The third-order valence-corrected chi connectivity index (χ3v) is 2.40. The summed E-state index contributed by atoms with van der Waals surface area (Å²) in [6.07, 6.45) is 0. The summed E-state index contributed by atoms with van der Waals surface area (Å²) in [6.45, 7) is 0. The van der Waals surface area contributed by atoms with Crippen LogP contribution < -0.4 is 0 Å².